The van der Waals surface area contributed by atoms with Gasteiger partial charge >= 0.3 is 0 Å². The number of fused-ring (bicyclic) bond motifs is 9. The van der Waals surface area contributed by atoms with Gasteiger partial charge in [0.1, 0.15) is 11.2 Å². The fraction of sp³-hybridized carbons (Fsp3) is 0. The van der Waals surface area contributed by atoms with Crippen LogP contribution in [0.2, 0.25) is 0 Å². The molecule has 0 aliphatic heterocycles. The molecular formula is C57H37N3OSi. The number of nitrogens with zero attached hydrogens (tertiary/aromatic N) is 3. The van der Waals surface area contributed by atoms with E-state index in [-0.39, 0.29) is 0 Å². The molecule has 0 spiro atoms. The maximum Gasteiger partial charge on any atom is 0.179 e. The lowest BCUT2D eigenvalue weighted by atomic mass is 9.93. The molecule has 290 valence electrons. The molecule has 5 heteroatoms. The molecule has 2 heterocycles. The van der Waals surface area contributed by atoms with Crippen molar-refractivity contribution in [2.45, 2.75) is 0 Å². The monoisotopic (exact) mass is 807 g/mol. The first-order valence-electron chi connectivity index (χ1n) is 21.0. The predicted molar refractivity (Wildman–Crippen MR) is 260 cm³/mol. The number of hydrogen-bond donors (Lipinski definition) is 0. The summed E-state index contributed by atoms with van der Waals surface area (Å²) in [6.45, 7) is 0. The minimum Gasteiger partial charge on any atom is -0.456 e. The molecule has 4 nitrogen and oxygen atoms in total. The van der Waals surface area contributed by atoms with Crippen LogP contribution in [-0.4, -0.2) is 23.0 Å². The highest BCUT2D eigenvalue weighted by atomic mass is 28.3. The molecule has 0 amide bonds. The third kappa shape index (κ3) is 5.70. The molecule has 0 aliphatic rings. The third-order valence-corrected chi connectivity index (χ3v) is 17.2. The van der Waals surface area contributed by atoms with E-state index in [4.69, 9.17) is 19.4 Å². The quantitative estimate of drug-likeness (QED) is 0.0914. The number of benzene rings is 10. The SMILES string of the molecule is c1ccc([Si](c2ccccc2)(c2ccccc2)c2cccc(-c3nc(-c4ccc5c6ccccc6c6ccccc6c5c4)nc(-c4cccc5oc6ccccc6c45)n3)c2)cc1. The minimum atomic E-state index is -2.84. The van der Waals surface area contributed by atoms with Crippen molar-refractivity contribution in [1.82, 2.24) is 15.0 Å². The Labute approximate surface area is 359 Å². The first-order chi connectivity index (χ1) is 30.7. The molecule has 0 fully saturated rings. The van der Waals surface area contributed by atoms with Gasteiger partial charge in [-0.05, 0) is 71.3 Å². The predicted octanol–water partition coefficient (Wildman–Crippen LogP) is 11.6. The van der Waals surface area contributed by atoms with Crippen molar-refractivity contribution in [2.75, 3.05) is 0 Å². The van der Waals surface area contributed by atoms with Crippen LogP contribution in [0.5, 0.6) is 0 Å². The molecule has 0 N–H and O–H groups in total. The highest BCUT2D eigenvalue weighted by Crippen LogP contribution is 2.39. The highest BCUT2D eigenvalue weighted by Gasteiger charge is 2.41. The molecule has 62 heavy (non-hydrogen) atoms. The largest absolute Gasteiger partial charge is 0.456 e. The summed E-state index contributed by atoms with van der Waals surface area (Å²) in [5.74, 6) is 1.81. The van der Waals surface area contributed by atoms with E-state index in [1.165, 1.54) is 47.7 Å². The topological polar surface area (TPSA) is 51.8 Å². The molecule has 0 unspecified atom stereocenters. The summed E-state index contributed by atoms with van der Waals surface area (Å²) in [5.41, 5.74) is 4.36. The first kappa shape index (κ1) is 35.9. The molecule has 12 rings (SSSR count). The van der Waals surface area contributed by atoms with Crippen molar-refractivity contribution < 1.29 is 4.42 Å². The fourth-order valence-electron chi connectivity index (χ4n) is 9.72. The lowest BCUT2D eigenvalue weighted by molar-refractivity contribution is 0.669. The van der Waals surface area contributed by atoms with Gasteiger partial charge in [-0.2, -0.15) is 0 Å². The maximum absolute atomic E-state index is 6.38. The van der Waals surface area contributed by atoms with E-state index in [0.717, 1.165) is 44.0 Å². The summed E-state index contributed by atoms with van der Waals surface area (Å²) in [5, 5.41) is 14.4. The number of rotatable bonds is 7. The van der Waals surface area contributed by atoms with Crippen LogP contribution in [0.4, 0.5) is 0 Å². The second kappa shape index (κ2) is 14.6. The Bertz CT molecular complexity index is 3510. The molecule has 12 aromatic rings. The van der Waals surface area contributed by atoms with E-state index in [1.807, 2.05) is 24.3 Å². The molecule has 0 saturated heterocycles. The Morgan fingerprint density at radius 1 is 0.290 bits per heavy atom. The van der Waals surface area contributed by atoms with Crippen LogP contribution in [0.15, 0.2) is 229 Å². The van der Waals surface area contributed by atoms with Gasteiger partial charge in [0, 0.05) is 27.5 Å². The summed E-state index contributed by atoms with van der Waals surface area (Å²) in [6, 6.07) is 80.3. The van der Waals surface area contributed by atoms with Gasteiger partial charge in [-0.1, -0.05) is 206 Å². The number of furan rings is 1. The third-order valence-electron chi connectivity index (χ3n) is 12.5. The number of hydrogen-bond acceptors (Lipinski definition) is 4. The Morgan fingerprint density at radius 3 is 1.32 bits per heavy atom. The number of aromatic nitrogens is 3. The van der Waals surface area contributed by atoms with Gasteiger partial charge in [0.25, 0.3) is 0 Å². The van der Waals surface area contributed by atoms with Crippen LogP contribution in [0, 0.1) is 0 Å². The standard InChI is InChI=1S/C57H37N3OSi/c1-4-19-40(20-5-1)62(41-21-6-2-7-22-41,42-23-8-3-9-24-42)43-25-16-18-38(36-43)55-58-56(60-57(59-55)50-31-17-33-53-54(50)49-30-14-15-32-52(49)61-53)39-34-35-48-46-28-11-10-26-44(46)45-27-12-13-29-47(45)51(48)37-39/h1-37H. The average Bonchev–Trinajstić information content (AvgIpc) is 3.74. The normalized spacial score (nSPS) is 11.9. The highest BCUT2D eigenvalue weighted by molar-refractivity contribution is 7.19. The van der Waals surface area contributed by atoms with Crippen molar-refractivity contribution in [1.29, 1.82) is 0 Å². The van der Waals surface area contributed by atoms with Crippen LogP contribution < -0.4 is 20.7 Å². The van der Waals surface area contributed by atoms with E-state index < -0.39 is 8.07 Å². The van der Waals surface area contributed by atoms with Crippen molar-refractivity contribution in [2.24, 2.45) is 0 Å². The summed E-state index contributed by atoms with van der Waals surface area (Å²) < 4.78 is 6.38. The van der Waals surface area contributed by atoms with Crippen LogP contribution in [0.25, 0.3) is 88.4 Å². The van der Waals surface area contributed by atoms with Crippen LogP contribution in [0.3, 0.4) is 0 Å². The van der Waals surface area contributed by atoms with Crippen molar-refractivity contribution in [3.05, 3.63) is 224 Å². The van der Waals surface area contributed by atoms with Gasteiger partial charge in [-0.25, -0.2) is 15.0 Å². The minimum absolute atomic E-state index is 0.591. The van der Waals surface area contributed by atoms with Crippen molar-refractivity contribution in [3.8, 4) is 34.2 Å². The molecule has 0 saturated carbocycles. The van der Waals surface area contributed by atoms with Gasteiger partial charge in [-0.15, -0.1) is 0 Å². The Kier molecular flexibility index (Phi) is 8.47. The van der Waals surface area contributed by atoms with E-state index in [0.29, 0.717) is 17.5 Å². The molecule has 0 bridgehead atoms. The Balaban J connectivity index is 1.13. The summed E-state index contributed by atoms with van der Waals surface area (Å²) in [6.07, 6.45) is 0. The zero-order valence-corrected chi connectivity index (χ0v) is 34.6. The first-order valence-corrected chi connectivity index (χ1v) is 23.0. The smallest absolute Gasteiger partial charge is 0.179 e. The molecule has 10 aromatic carbocycles. The maximum atomic E-state index is 6.38. The van der Waals surface area contributed by atoms with Gasteiger partial charge < -0.3 is 4.42 Å². The molecule has 0 atom stereocenters. The van der Waals surface area contributed by atoms with Gasteiger partial charge in [-0.3, -0.25) is 0 Å². The van der Waals surface area contributed by atoms with Crippen LogP contribution in [0.1, 0.15) is 0 Å². The van der Waals surface area contributed by atoms with Crippen LogP contribution >= 0.6 is 0 Å². The zero-order valence-electron chi connectivity index (χ0n) is 33.6. The zero-order chi connectivity index (χ0) is 41.0. The van der Waals surface area contributed by atoms with Crippen molar-refractivity contribution >= 4 is 83.1 Å². The molecule has 0 radical (unpaired) electrons. The molecule has 2 aromatic heterocycles. The van der Waals surface area contributed by atoms with Crippen LogP contribution in [-0.2, 0) is 0 Å². The Hall–Kier alpha value is -7.99. The lowest BCUT2D eigenvalue weighted by Crippen LogP contribution is -2.74. The second-order valence-electron chi connectivity index (χ2n) is 15.9. The molecular weight excluding hydrogens is 771 g/mol. The second-order valence-corrected chi connectivity index (χ2v) is 19.7. The summed E-state index contributed by atoms with van der Waals surface area (Å²) >= 11 is 0. The number of para-hydroxylation sites is 1. The summed E-state index contributed by atoms with van der Waals surface area (Å²) in [7, 11) is -2.84. The van der Waals surface area contributed by atoms with Gasteiger partial charge in [0.15, 0.2) is 25.5 Å². The van der Waals surface area contributed by atoms with Crippen molar-refractivity contribution in [3.63, 3.8) is 0 Å². The Morgan fingerprint density at radius 2 is 0.726 bits per heavy atom. The van der Waals surface area contributed by atoms with Gasteiger partial charge in [0.2, 0.25) is 0 Å². The average molecular weight is 808 g/mol. The lowest BCUT2D eigenvalue weighted by Gasteiger charge is -2.34. The molecule has 0 aliphatic carbocycles. The summed E-state index contributed by atoms with van der Waals surface area (Å²) in [4.78, 5) is 16.1. The van der Waals surface area contributed by atoms with E-state index >= 15 is 0 Å². The van der Waals surface area contributed by atoms with E-state index in [2.05, 4.69) is 200 Å². The fourth-order valence-corrected chi connectivity index (χ4v) is 14.5. The van der Waals surface area contributed by atoms with Gasteiger partial charge in [0.05, 0.1) is 0 Å². The van der Waals surface area contributed by atoms with E-state index in [1.54, 1.807) is 0 Å². The van der Waals surface area contributed by atoms with E-state index in [9.17, 15) is 0 Å².